The molecule has 0 amide bonds. The molecule has 0 N–H and O–H groups in total. The fourth-order valence-electron chi connectivity index (χ4n) is 1.77. The van der Waals surface area contributed by atoms with Gasteiger partial charge in [0.1, 0.15) is 0 Å². The van der Waals surface area contributed by atoms with Crippen molar-refractivity contribution in [3.63, 3.8) is 0 Å². The Morgan fingerprint density at radius 2 is 0.889 bits per heavy atom. The third-order valence-electron chi connectivity index (χ3n) is 2.59. The molecule has 0 atom stereocenters. The van der Waals surface area contributed by atoms with E-state index in [9.17, 15) is 39.5 Å². The van der Waals surface area contributed by atoms with Gasteiger partial charge in [0.2, 0.25) is 0 Å². The molecule has 18 heavy (non-hydrogen) atoms. The molecule has 0 heterocycles. The molecular formula is C8H5F9Ge. The quantitative estimate of drug-likeness (QED) is 0.493. The third-order valence-corrected chi connectivity index (χ3v) is 11.1. The van der Waals surface area contributed by atoms with Crippen LogP contribution < -0.4 is 0 Å². The van der Waals surface area contributed by atoms with Gasteiger partial charge in [0.25, 0.3) is 0 Å². The monoisotopic (exact) mass is 346 g/mol. The van der Waals surface area contributed by atoms with E-state index in [0.29, 0.717) is 12.2 Å². The molecule has 1 aliphatic rings. The van der Waals surface area contributed by atoms with Gasteiger partial charge in [-0.15, -0.1) is 0 Å². The predicted molar refractivity (Wildman–Crippen MR) is 45.9 cm³/mol. The fourth-order valence-corrected chi connectivity index (χ4v) is 7.85. The van der Waals surface area contributed by atoms with E-state index in [-0.39, 0.29) is 0 Å². The summed E-state index contributed by atoms with van der Waals surface area (Å²) >= 11 is -8.29. The van der Waals surface area contributed by atoms with Gasteiger partial charge in [-0.3, -0.25) is 0 Å². The van der Waals surface area contributed by atoms with Gasteiger partial charge in [-0.2, -0.15) is 0 Å². The van der Waals surface area contributed by atoms with Gasteiger partial charge < -0.3 is 0 Å². The molecule has 0 fully saturated rings. The normalized spacial score (nSPS) is 18.7. The van der Waals surface area contributed by atoms with Gasteiger partial charge in [0, 0.05) is 0 Å². The Balaban J connectivity index is 3.57. The van der Waals surface area contributed by atoms with E-state index in [1.807, 2.05) is 0 Å². The molecule has 0 aromatic rings. The number of hydrogen-bond acceptors (Lipinski definition) is 0. The van der Waals surface area contributed by atoms with Crippen LogP contribution in [0.1, 0.15) is 0 Å². The molecule has 0 spiro atoms. The average Bonchev–Trinajstić information content (AvgIpc) is 2.48. The summed E-state index contributed by atoms with van der Waals surface area (Å²) in [5, 5.41) is -19.0. The van der Waals surface area contributed by atoms with E-state index < -0.39 is 33.0 Å². The van der Waals surface area contributed by atoms with Crippen LogP contribution in [0.25, 0.3) is 0 Å². The first-order valence-corrected chi connectivity index (χ1v) is 8.76. The van der Waals surface area contributed by atoms with Gasteiger partial charge >= 0.3 is 96.9 Å². The third kappa shape index (κ3) is 2.05. The number of hydrogen-bond donors (Lipinski definition) is 0. The molecule has 0 radical (unpaired) electrons. The maximum absolute atomic E-state index is 12.6. The van der Waals surface area contributed by atoms with Crippen LogP contribution in [0.15, 0.2) is 24.3 Å². The Morgan fingerprint density at radius 3 is 1.11 bits per heavy atom. The molecule has 0 aromatic heterocycles. The summed E-state index contributed by atoms with van der Waals surface area (Å²) < 4.78 is 111. The summed E-state index contributed by atoms with van der Waals surface area (Å²) in [5.74, 6) is 0. The van der Waals surface area contributed by atoms with E-state index >= 15 is 0 Å². The van der Waals surface area contributed by atoms with Crippen LogP contribution in [-0.2, 0) is 0 Å². The summed E-state index contributed by atoms with van der Waals surface area (Å²) in [6.07, 6.45) is 2.14. The van der Waals surface area contributed by atoms with Gasteiger partial charge in [0.05, 0.1) is 0 Å². The second-order valence-corrected chi connectivity index (χ2v) is 12.0. The topological polar surface area (TPSA) is 0 Å². The molecule has 0 nitrogen and oxygen atoms in total. The molecule has 1 rings (SSSR count). The fraction of sp³-hybridized carbons (Fsp3) is 0.500. The average molecular weight is 345 g/mol. The van der Waals surface area contributed by atoms with E-state index in [0.717, 1.165) is 12.2 Å². The summed E-state index contributed by atoms with van der Waals surface area (Å²) in [6.45, 7) is 0. The van der Waals surface area contributed by atoms with Crippen LogP contribution in [0.4, 0.5) is 39.5 Å². The molecule has 0 aliphatic heterocycles. The van der Waals surface area contributed by atoms with E-state index in [2.05, 4.69) is 0 Å². The first-order valence-electron chi connectivity index (χ1n) is 4.41. The summed E-state index contributed by atoms with van der Waals surface area (Å²) in [6, 6.07) is 0. The molecule has 0 unspecified atom stereocenters. The van der Waals surface area contributed by atoms with Crippen LogP contribution >= 0.6 is 0 Å². The van der Waals surface area contributed by atoms with Crippen molar-refractivity contribution in [2.24, 2.45) is 0 Å². The summed E-state index contributed by atoms with van der Waals surface area (Å²) in [4.78, 5) is 0. The van der Waals surface area contributed by atoms with E-state index in [4.69, 9.17) is 0 Å². The molecule has 0 aromatic carbocycles. The van der Waals surface area contributed by atoms with Crippen molar-refractivity contribution < 1.29 is 39.5 Å². The van der Waals surface area contributed by atoms with Crippen molar-refractivity contribution in [1.29, 1.82) is 0 Å². The van der Waals surface area contributed by atoms with Crippen LogP contribution in [0.2, 0.25) is 4.75 Å². The summed E-state index contributed by atoms with van der Waals surface area (Å²) in [7, 11) is 0. The summed E-state index contributed by atoms with van der Waals surface area (Å²) in [5.41, 5.74) is 0. The maximum atomic E-state index is 12.6. The number of alkyl halides is 9. The standard InChI is InChI=1S/C8H5F9Ge/c9-6(10,11)18(7(12,13)14,8(15,16)17)5-3-1-2-4-5/h1-5H. The number of allylic oxidation sites excluding steroid dienone is 4. The van der Waals surface area contributed by atoms with Crippen molar-refractivity contribution in [2.45, 2.75) is 19.8 Å². The van der Waals surface area contributed by atoms with Gasteiger partial charge in [-0.25, -0.2) is 0 Å². The van der Waals surface area contributed by atoms with Gasteiger partial charge in [-0.05, 0) is 0 Å². The molecule has 104 valence electrons. The van der Waals surface area contributed by atoms with Crippen molar-refractivity contribution in [3.05, 3.63) is 24.3 Å². The Morgan fingerprint density at radius 1 is 0.611 bits per heavy atom. The first-order chi connectivity index (χ1) is 7.86. The Labute approximate surface area is 97.5 Å². The molecule has 0 bridgehead atoms. The van der Waals surface area contributed by atoms with Crippen molar-refractivity contribution in [2.75, 3.05) is 0 Å². The SMILES string of the molecule is F[C](F)(F)[Ge]([CH]1C=CC=C1)([C](F)(F)F)[C](F)(F)F. The molecular weight excluding hydrogens is 340 g/mol. The van der Waals surface area contributed by atoms with Crippen molar-refractivity contribution in [3.8, 4) is 0 Å². The van der Waals surface area contributed by atoms with Gasteiger partial charge in [0.15, 0.2) is 0 Å². The zero-order valence-corrected chi connectivity index (χ0v) is 10.4. The second kappa shape index (κ2) is 4.20. The number of rotatable bonds is 1. The number of halogens is 9. The minimum atomic E-state index is -8.29. The van der Waals surface area contributed by atoms with Crippen LogP contribution in [-0.4, -0.2) is 28.3 Å². The molecule has 1 aliphatic carbocycles. The van der Waals surface area contributed by atoms with E-state index in [1.54, 1.807) is 0 Å². The Kier molecular flexibility index (Phi) is 3.61. The molecule has 10 heteroatoms. The molecule has 0 saturated heterocycles. The van der Waals surface area contributed by atoms with Crippen LogP contribution in [0.5, 0.6) is 0 Å². The second-order valence-electron chi connectivity index (χ2n) is 3.60. The predicted octanol–water partition coefficient (Wildman–Crippen LogP) is 4.24. The molecule has 0 saturated carbocycles. The van der Waals surface area contributed by atoms with Crippen LogP contribution in [0.3, 0.4) is 0 Å². The van der Waals surface area contributed by atoms with Crippen LogP contribution in [0, 0.1) is 0 Å². The zero-order chi connectivity index (χ0) is 14.4. The first kappa shape index (κ1) is 15.5. The van der Waals surface area contributed by atoms with Crippen molar-refractivity contribution in [1.82, 2.24) is 0 Å². The minimum absolute atomic E-state index is 0.314. The Hall–Kier alpha value is -0.607. The van der Waals surface area contributed by atoms with E-state index in [1.165, 1.54) is 0 Å². The zero-order valence-electron chi connectivity index (χ0n) is 8.29. The van der Waals surface area contributed by atoms with Gasteiger partial charge in [-0.1, -0.05) is 0 Å². The Bertz CT molecular complexity index is 321. The van der Waals surface area contributed by atoms with Crippen molar-refractivity contribution >= 4 is 13.3 Å².